The Hall–Kier alpha value is -3.35. The minimum atomic E-state index is -1.08. The van der Waals surface area contributed by atoms with E-state index >= 15 is 0 Å². The Bertz CT molecular complexity index is 1080. The second-order valence-corrected chi connectivity index (χ2v) is 9.79. The van der Waals surface area contributed by atoms with E-state index in [9.17, 15) is 19.5 Å². The molecule has 0 aromatic heterocycles. The van der Waals surface area contributed by atoms with Crippen LogP contribution in [0.4, 0.5) is 4.79 Å². The first-order chi connectivity index (χ1) is 16.4. The third-order valence-electron chi connectivity index (χ3n) is 7.75. The lowest BCUT2D eigenvalue weighted by Gasteiger charge is -2.47. The molecule has 0 radical (unpaired) electrons. The molecule has 2 N–H and O–H groups in total. The molecule has 2 fully saturated rings. The number of carboxylic acids is 1. The van der Waals surface area contributed by atoms with E-state index in [1.165, 1.54) is 4.90 Å². The van der Waals surface area contributed by atoms with Crippen LogP contribution < -0.4 is 5.32 Å². The summed E-state index contributed by atoms with van der Waals surface area (Å²) in [4.78, 5) is 39.7. The van der Waals surface area contributed by atoms with E-state index in [-0.39, 0.29) is 24.3 Å². The van der Waals surface area contributed by atoms with Crippen LogP contribution in [-0.2, 0) is 14.3 Å². The van der Waals surface area contributed by atoms with Crippen molar-refractivity contribution in [2.75, 3.05) is 13.2 Å². The number of fused-ring (bicyclic) bond motifs is 3. The summed E-state index contributed by atoms with van der Waals surface area (Å²) in [6.07, 6.45) is 2.69. The number of amides is 2. The van der Waals surface area contributed by atoms with Gasteiger partial charge in [-0.2, -0.15) is 0 Å². The minimum absolute atomic E-state index is 0.0643. The van der Waals surface area contributed by atoms with Gasteiger partial charge in [0.15, 0.2) is 0 Å². The summed E-state index contributed by atoms with van der Waals surface area (Å²) in [6.45, 7) is 2.43. The van der Waals surface area contributed by atoms with Gasteiger partial charge in [0, 0.05) is 12.5 Å². The van der Waals surface area contributed by atoms with Crippen LogP contribution in [0.2, 0.25) is 0 Å². The van der Waals surface area contributed by atoms with Gasteiger partial charge in [0.1, 0.15) is 18.2 Å². The molecule has 1 aliphatic heterocycles. The highest BCUT2D eigenvalue weighted by Crippen LogP contribution is 2.44. The largest absolute Gasteiger partial charge is 0.480 e. The molecule has 2 unspecified atom stereocenters. The molecule has 3 aliphatic rings. The van der Waals surface area contributed by atoms with Crippen molar-refractivity contribution >= 4 is 18.0 Å². The lowest BCUT2D eigenvalue weighted by atomic mass is 9.74. The molecule has 7 heteroatoms. The Balaban J connectivity index is 1.29. The van der Waals surface area contributed by atoms with Crippen molar-refractivity contribution < 1.29 is 24.2 Å². The number of rotatable bonds is 5. The van der Waals surface area contributed by atoms with Gasteiger partial charge < -0.3 is 20.1 Å². The SMILES string of the molecule is CC1CCCN(C(=O)C2(NC(=O)OCC3c4ccccc4-c4ccccc43)CCC2)C1C(=O)O. The van der Waals surface area contributed by atoms with Gasteiger partial charge in [0.05, 0.1) is 0 Å². The zero-order valence-electron chi connectivity index (χ0n) is 19.3. The quantitative estimate of drug-likeness (QED) is 0.696. The molecule has 1 saturated carbocycles. The average molecular weight is 463 g/mol. The highest BCUT2D eigenvalue weighted by atomic mass is 16.5. The summed E-state index contributed by atoms with van der Waals surface area (Å²) in [5.74, 6) is -1.48. The standard InChI is InChI=1S/C27H30N2O5/c1-17-8-6-15-29(23(17)24(30)31)25(32)27(13-7-14-27)28-26(33)34-16-22-20-11-4-2-9-18(20)19-10-3-5-12-21(19)22/h2-5,9-12,17,22-23H,6-8,13-16H2,1H3,(H,28,33)(H,30,31). The zero-order valence-corrected chi connectivity index (χ0v) is 19.3. The summed E-state index contributed by atoms with van der Waals surface area (Å²) in [5.41, 5.74) is 3.47. The molecule has 2 aromatic carbocycles. The lowest BCUT2D eigenvalue weighted by Crippen LogP contribution is -2.67. The predicted octanol–water partition coefficient (Wildman–Crippen LogP) is 4.16. The van der Waals surface area contributed by atoms with Crippen LogP contribution in [0.25, 0.3) is 11.1 Å². The molecule has 2 aromatic rings. The first-order valence-electron chi connectivity index (χ1n) is 12.1. The van der Waals surface area contributed by atoms with Crippen LogP contribution in [0.1, 0.15) is 56.1 Å². The van der Waals surface area contributed by atoms with Gasteiger partial charge in [0.25, 0.3) is 0 Å². The fourth-order valence-corrected chi connectivity index (χ4v) is 5.82. The number of benzene rings is 2. The van der Waals surface area contributed by atoms with E-state index in [1.807, 2.05) is 31.2 Å². The maximum absolute atomic E-state index is 13.5. The van der Waals surface area contributed by atoms with Crippen LogP contribution in [0.15, 0.2) is 48.5 Å². The first-order valence-corrected chi connectivity index (χ1v) is 12.1. The molecule has 7 nitrogen and oxygen atoms in total. The molecule has 1 heterocycles. The van der Waals surface area contributed by atoms with Crippen LogP contribution >= 0.6 is 0 Å². The van der Waals surface area contributed by atoms with E-state index in [1.54, 1.807) is 0 Å². The molecule has 2 atom stereocenters. The van der Waals surface area contributed by atoms with Crippen molar-refractivity contribution in [3.8, 4) is 11.1 Å². The second-order valence-electron chi connectivity index (χ2n) is 9.79. The number of hydrogen-bond acceptors (Lipinski definition) is 4. The smallest absolute Gasteiger partial charge is 0.408 e. The number of alkyl carbamates (subject to hydrolysis) is 1. The highest BCUT2D eigenvalue weighted by molar-refractivity contribution is 5.94. The number of carboxylic acid groups (broad SMARTS) is 1. The summed E-state index contributed by atoms with van der Waals surface area (Å²) in [6, 6.07) is 15.4. The summed E-state index contributed by atoms with van der Waals surface area (Å²) >= 11 is 0. The lowest BCUT2D eigenvalue weighted by molar-refractivity contribution is -0.159. The summed E-state index contributed by atoms with van der Waals surface area (Å²) in [5, 5.41) is 12.6. The van der Waals surface area contributed by atoms with Crippen molar-refractivity contribution in [2.45, 2.75) is 56.5 Å². The van der Waals surface area contributed by atoms with E-state index in [4.69, 9.17) is 4.74 Å². The first kappa shape index (κ1) is 22.4. The topological polar surface area (TPSA) is 95.9 Å². The van der Waals surface area contributed by atoms with E-state index in [2.05, 4.69) is 29.6 Å². The number of nitrogens with one attached hydrogen (secondary N) is 1. The molecule has 1 saturated heterocycles. The molecule has 2 amide bonds. The Kier molecular flexibility index (Phi) is 5.80. The molecule has 34 heavy (non-hydrogen) atoms. The monoisotopic (exact) mass is 462 g/mol. The van der Waals surface area contributed by atoms with Gasteiger partial charge >= 0.3 is 12.1 Å². The van der Waals surface area contributed by atoms with E-state index < -0.39 is 23.6 Å². The Morgan fingerprint density at radius 2 is 1.65 bits per heavy atom. The summed E-state index contributed by atoms with van der Waals surface area (Å²) < 4.78 is 5.67. The van der Waals surface area contributed by atoms with E-state index in [0.29, 0.717) is 19.4 Å². The zero-order chi connectivity index (χ0) is 23.9. The highest BCUT2D eigenvalue weighted by Gasteiger charge is 2.51. The van der Waals surface area contributed by atoms with Gasteiger partial charge in [-0.1, -0.05) is 55.5 Å². The third-order valence-corrected chi connectivity index (χ3v) is 7.75. The molecular weight excluding hydrogens is 432 g/mol. The fraction of sp³-hybridized carbons (Fsp3) is 0.444. The van der Waals surface area contributed by atoms with Gasteiger partial charge in [0.2, 0.25) is 5.91 Å². The van der Waals surface area contributed by atoms with Gasteiger partial charge in [-0.05, 0) is 60.3 Å². The van der Waals surface area contributed by atoms with Crippen molar-refractivity contribution in [1.82, 2.24) is 10.2 Å². The minimum Gasteiger partial charge on any atom is -0.480 e. The van der Waals surface area contributed by atoms with Crippen LogP contribution in [-0.4, -0.2) is 52.7 Å². The number of carbonyl (C=O) groups excluding carboxylic acids is 2. The van der Waals surface area contributed by atoms with Crippen molar-refractivity contribution in [3.05, 3.63) is 59.7 Å². The van der Waals surface area contributed by atoms with Crippen LogP contribution in [0, 0.1) is 5.92 Å². The molecule has 5 rings (SSSR count). The van der Waals surface area contributed by atoms with Gasteiger partial charge in [-0.3, -0.25) is 4.79 Å². The van der Waals surface area contributed by atoms with Crippen LogP contribution in [0.5, 0.6) is 0 Å². The predicted molar refractivity (Wildman–Crippen MR) is 126 cm³/mol. The number of likely N-dealkylation sites (tertiary alicyclic amines) is 1. The molecule has 0 spiro atoms. The molecule has 0 bridgehead atoms. The number of aliphatic carboxylic acids is 1. The number of hydrogen-bond donors (Lipinski definition) is 2. The van der Waals surface area contributed by atoms with E-state index in [0.717, 1.165) is 41.5 Å². The Labute approximate surface area is 199 Å². The fourth-order valence-electron chi connectivity index (χ4n) is 5.82. The maximum Gasteiger partial charge on any atom is 0.408 e. The third kappa shape index (κ3) is 3.73. The van der Waals surface area contributed by atoms with Crippen molar-refractivity contribution in [1.29, 1.82) is 0 Å². The molecule has 178 valence electrons. The molecular formula is C27H30N2O5. The second kappa shape index (κ2) is 8.78. The number of piperidine rings is 1. The number of nitrogens with zero attached hydrogens (tertiary/aromatic N) is 1. The van der Waals surface area contributed by atoms with Gasteiger partial charge in [-0.15, -0.1) is 0 Å². The average Bonchev–Trinajstić information content (AvgIpc) is 3.13. The van der Waals surface area contributed by atoms with Crippen molar-refractivity contribution in [2.24, 2.45) is 5.92 Å². The van der Waals surface area contributed by atoms with Crippen molar-refractivity contribution in [3.63, 3.8) is 0 Å². The maximum atomic E-state index is 13.5. The Morgan fingerprint density at radius 1 is 1.03 bits per heavy atom. The van der Waals surface area contributed by atoms with Gasteiger partial charge in [-0.25, -0.2) is 9.59 Å². The normalized spacial score (nSPS) is 22.8. The molecule has 2 aliphatic carbocycles. The Morgan fingerprint density at radius 3 is 2.21 bits per heavy atom. The summed E-state index contributed by atoms with van der Waals surface area (Å²) in [7, 11) is 0. The number of carbonyl (C=O) groups is 3. The number of ether oxygens (including phenoxy) is 1. The van der Waals surface area contributed by atoms with Crippen LogP contribution in [0.3, 0.4) is 0 Å².